The zero-order valence-corrected chi connectivity index (χ0v) is 10.9. The summed E-state index contributed by atoms with van der Waals surface area (Å²) in [5.74, 6) is 0. The zero-order chi connectivity index (χ0) is 13.0. The molecule has 0 radical (unpaired) electrons. The fraction of sp³-hybridized carbons (Fsp3) is 0.286. The lowest BCUT2D eigenvalue weighted by Gasteiger charge is -2.12. The highest BCUT2D eigenvalue weighted by molar-refractivity contribution is 7.10. The van der Waals surface area contributed by atoms with Gasteiger partial charge in [0.1, 0.15) is 0 Å². The van der Waals surface area contributed by atoms with Gasteiger partial charge in [0.2, 0.25) is 0 Å². The Hall–Kier alpha value is -1.26. The van der Waals surface area contributed by atoms with Gasteiger partial charge in [-0.3, -0.25) is 0 Å². The maximum absolute atomic E-state index is 12.4. The molecule has 1 unspecified atom stereocenters. The lowest BCUT2D eigenvalue weighted by atomic mass is 10.1. The van der Waals surface area contributed by atoms with Gasteiger partial charge in [-0.2, -0.15) is 0 Å². The molecule has 18 heavy (non-hydrogen) atoms. The third-order valence-electron chi connectivity index (χ3n) is 2.81. The largest absolute Gasteiger partial charge is 0.305 e. The van der Waals surface area contributed by atoms with E-state index in [0.717, 1.165) is 5.56 Å². The lowest BCUT2D eigenvalue weighted by Crippen LogP contribution is -2.17. The minimum absolute atomic E-state index is 0.0741. The predicted molar refractivity (Wildman–Crippen MR) is 71.0 cm³/mol. The van der Waals surface area contributed by atoms with Gasteiger partial charge in [0, 0.05) is 23.0 Å². The van der Waals surface area contributed by atoms with Crippen molar-refractivity contribution in [2.24, 2.45) is 0 Å². The van der Waals surface area contributed by atoms with Crippen LogP contribution in [-0.4, -0.2) is 0 Å². The summed E-state index contributed by atoms with van der Waals surface area (Å²) in [5.41, 5.74) is 1.09. The van der Waals surface area contributed by atoms with Crippen molar-refractivity contribution in [2.75, 3.05) is 0 Å². The van der Waals surface area contributed by atoms with Crippen molar-refractivity contribution in [3.63, 3.8) is 0 Å². The minimum atomic E-state index is -2.39. The first-order chi connectivity index (χ1) is 8.66. The number of alkyl halides is 2. The van der Waals surface area contributed by atoms with E-state index in [1.807, 2.05) is 11.4 Å². The van der Waals surface area contributed by atoms with Crippen molar-refractivity contribution in [1.82, 2.24) is 5.32 Å². The first kappa shape index (κ1) is 13.2. The Bertz CT molecular complexity index is 465. The van der Waals surface area contributed by atoms with Crippen molar-refractivity contribution >= 4 is 11.3 Å². The second-order valence-electron chi connectivity index (χ2n) is 4.16. The number of benzene rings is 1. The summed E-state index contributed by atoms with van der Waals surface area (Å²) < 4.78 is 24.8. The SMILES string of the molecule is CC(NCc1ccc(C(F)F)cc1)c1cccs1. The molecule has 0 fully saturated rings. The van der Waals surface area contributed by atoms with Crippen LogP contribution in [0.25, 0.3) is 0 Å². The molecular weight excluding hydrogens is 252 g/mol. The van der Waals surface area contributed by atoms with E-state index in [0.29, 0.717) is 6.54 Å². The number of nitrogens with one attached hydrogen (secondary N) is 1. The molecule has 0 saturated heterocycles. The Labute approximate surface area is 109 Å². The first-order valence-corrected chi connectivity index (χ1v) is 6.68. The highest BCUT2D eigenvalue weighted by Gasteiger charge is 2.07. The Balaban J connectivity index is 1.90. The van der Waals surface area contributed by atoms with Gasteiger partial charge in [-0.15, -0.1) is 11.3 Å². The van der Waals surface area contributed by atoms with E-state index in [-0.39, 0.29) is 11.6 Å². The molecule has 1 nitrogen and oxygen atoms in total. The van der Waals surface area contributed by atoms with E-state index in [1.54, 1.807) is 23.5 Å². The quantitative estimate of drug-likeness (QED) is 0.838. The standard InChI is InChI=1S/C14H15F2NS/c1-10(13-3-2-8-18-13)17-9-11-4-6-12(7-5-11)14(15)16/h2-8,10,14,17H,9H2,1H3. The molecule has 1 aromatic carbocycles. The third-order valence-corrected chi connectivity index (χ3v) is 3.87. The van der Waals surface area contributed by atoms with Crippen LogP contribution in [0.3, 0.4) is 0 Å². The van der Waals surface area contributed by atoms with Crippen LogP contribution in [0.2, 0.25) is 0 Å². The molecule has 0 bridgehead atoms. The van der Waals surface area contributed by atoms with Crippen molar-refractivity contribution in [1.29, 1.82) is 0 Å². The highest BCUT2D eigenvalue weighted by Crippen LogP contribution is 2.20. The molecule has 1 aromatic heterocycles. The summed E-state index contributed by atoms with van der Waals surface area (Å²) in [6.45, 7) is 2.78. The summed E-state index contributed by atoms with van der Waals surface area (Å²) in [7, 11) is 0. The summed E-state index contributed by atoms with van der Waals surface area (Å²) in [4.78, 5) is 1.28. The number of thiophene rings is 1. The highest BCUT2D eigenvalue weighted by atomic mass is 32.1. The lowest BCUT2D eigenvalue weighted by molar-refractivity contribution is 0.151. The van der Waals surface area contributed by atoms with Crippen molar-refractivity contribution in [2.45, 2.75) is 25.9 Å². The van der Waals surface area contributed by atoms with Gasteiger partial charge < -0.3 is 5.32 Å². The fourth-order valence-corrected chi connectivity index (χ4v) is 2.45. The Morgan fingerprint density at radius 2 is 1.89 bits per heavy atom. The second-order valence-corrected chi connectivity index (χ2v) is 5.14. The topological polar surface area (TPSA) is 12.0 Å². The van der Waals surface area contributed by atoms with Crippen molar-refractivity contribution < 1.29 is 8.78 Å². The molecule has 1 heterocycles. The van der Waals surface area contributed by atoms with Crippen LogP contribution < -0.4 is 5.32 Å². The van der Waals surface area contributed by atoms with Crippen LogP contribution in [0.1, 0.15) is 35.4 Å². The summed E-state index contributed by atoms with van der Waals surface area (Å²) >= 11 is 1.71. The minimum Gasteiger partial charge on any atom is -0.305 e. The summed E-state index contributed by atoms with van der Waals surface area (Å²) in [6, 6.07) is 10.8. The maximum atomic E-state index is 12.4. The average Bonchev–Trinajstić information content (AvgIpc) is 2.90. The molecule has 96 valence electrons. The van der Waals surface area contributed by atoms with Gasteiger partial charge in [-0.25, -0.2) is 8.78 Å². The van der Waals surface area contributed by atoms with E-state index in [2.05, 4.69) is 18.3 Å². The van der Waals surface area contributed by atoms with Crippen LogP contribution in [0.5, 0.6) is 0 Å². The molecule has 1 atom stereocenters. The van der Waals surface area contributed by atoms with Crippen LogP contribution in [0, 0.1) is 0 Å². The molecular formula is C14H15F2NS. The van der Waals surface area contributed by atoms with E-state index in [4.69, 9.17) is 0 Å². The van der Waals surface area contributed by atoms with E-state index >= 15 is 0 Å². The Morgan fingerprint density at radius 3 is 2.44 bits per heavy atom. The number of hydrogen-bond acceptors (Lipinski definition) is 2. The molecule has 2 rings (SSSR count). The smallest absolute Gasteiger partial charge is 0.263 e. The van der Waals surface area contributed by atoms with E-state index in [9.17, 15) is 8.78 Å². The van der Waals surface area contributed by atoms with E-state index < -0.39 is 6.43 Å². The molecule has 0 saturated carbocycles. The van der Waals surface area contributed by atoms with Gasteiger partial charge >= 0.3 is 0 Å². The summed E-state index contributed by atoms with van der Waals surface area (Å²) in [5, 5.41) is 5.42. The Morgan fingerprint density at radius 1 is 1.17 bits per heavy atom. The molecule has 2 aromatic rings. The maximum Gasteiger partial charge on any atom is 0.263 e. The van der Waals surface area contributed by atoms with Gasteiger partial charge in [0.25, 0.3) is 6.43 Å². The number of rotatable bonds is 5. The predicted octanol–water partition coefficient (Wildman–Crippen LogP) is 4.54. The molecule has 0 aliphatic rings. The monoisotopic (exact) mass is 267 g/mol. The number of halogens is 2. The van der Waals surface area contributed by atoms with Gasteiger partial charge in [0.05, 0.1) is 0 Å². The number of hydrogen-bond donors (Lipinski definition) is 1. The van der Waals surface area contributed by atoms with Crippen LogP contribution >= 0.6 is 11.3 Å². The van der Waals surface area contributed by atoms with Gasteiger partial charge in [-0.1, -0.05) is 30.3 Å². The Kier molecular flexibility index (Phi) is 4.44. The van der Waals surface area contributed by atoms with Crippen LogP contribution in [0.4, 0.5) is 8.78 Å². The fourth-order valence-electron chi connectivity index (χ4n) is 1.69. The molecule has 0 aliphatic carbocycles. The second kappa shape index (κ2) is 6.07. The zero-order valence-electron chi connectivity index (χ0n) is 10.1. The first-order valence-electron chi connectivity index (χ1n) is 5.80. The molecule has 0 spiro atoms. The normalized spacial score (nSPS) is 12.9. The molecule has 0 aliphatic heterocycles. The van der Waals surface area contributed by atoms with Crippen LogP contribution in [-0.2, 0) is 6.54 Å². The van der Waals surface area contributed by atoms with Crippen molar-refractivity contribution in [3.8, 4) is 0 Å². The van der Waals surface area contributed by atoms with Crippen LogP contribution in [0.15, 0.2) is 41.8 Å². The average molecular weight is 267 g/mol. The third kappa shape index (κ3) is 3.37. The van der Waals surface area contributed by atoms with Gasteiger partial charge in [-0.05, 0) is 23.9 Å². The summed E-state index contributed by atoms with van der Waals surface area (Å²) in [6.07, 6.45) is -2.39. The molecule has 0 amide bonds. The van der Waals surface area contributed by atoms with E-state index in [1.165, 1.54) is 17.0 Å². The molecule has 4 heteroatoms. The van der Waals surface area contributed by atoms with Crippen molar-refractivity contribution in [3.05, 3.63) is 57.8 Å². The van der Waals surface area contributed by atoms with Gasteiger partial charge in [0.15, 0.2) is 0 Å². The molecule has 1 N–H and O–H groups in total.